The van der Waals surface area contributed by atoms with Gasteiger partial charge in [0.05, 0.1) is 0 Å². The molecular formula is C29H34N2OSi. The van der Waals surface area contributed by atoms with Gasteiger partial charge in [-0.25, -0.2) is 0 Å². The van der Waals surface area contributed by atoms with Gasteiger partial charge in [0, 0.05) is 42.9 Å². The molecule has 0 fully saturated rings. The third kappa shape index (κ3) is 5.02. The van der Waals surface area contributed by atoms with Gasteiger partial charge in [-0.2, -0.15) is 0 Å². The summed E-state index contributed by atoms with van der Waals surface area (Å²) < 4.78 is 6.92. The molecule has 1 heterocycles. The highest BCUT2D eigenvalue weighted by molar-refractivity contribution is 6.99. The molecule has 1 N–H and O–H groups in total. The summed E-state index contributed by atoms with van der Waals surface area (Å²) in [5.41, 5.74) is 2.52. The molecule has 4 aromatic rings. The maximum atomic E-state index is 6.92. The first-order valence-corrected chi connectivity index (χ1v) is 13.7. The lowest BCUT2D eigenvalue weighted by atomic mass is 10.1. The van der Waals surface area contributed by atoms with Crippen LogP contribution in [-0.2, 0) is 10.8 Å². The summed E-state index contributed by atoms with van der Waals surface area (Å²) in [6.45, 7) is 8.41. The molecule has 33 heavy (non-hydrogen) atoms. The van der Waals surface area contributed by atoms with E-state index in [1.807, 2.05) is 6.21 Å². The smallest absolute Gasteiger partial charge is 0.261 e. The highest BCUT2D eigenvalue weighted by Crippen LogP contribution is 2.36. The maximum Gasteiger partial charge on any atom is 0.261 e. The van der Waals surface area contributed by atoms with Gasteiger partial charge in [0.25, 0.3) is 8.32 Å². The number of hydrogen-bond donors (Lipinski definition) is 1. The normalized spacial score (nSPS) is 12.6. The van der Waals surface area contributed by atoms with Crippen LogP contribution in [0.4, 0.5) is 0 Å². The van der Waals surface area contributed by atoms with Gasteiger partial charge in [0.15, 0.2) is 0 Å². The molecule has 4 rings (SSSR count). The van der Waals surface area contributed by atoms with E-state index in [2.05, 4.69) is 122 Å². The van der Waals surface area contributed by atoms with Crippen molar-refractivity contribution in [3.05, 3.63) is 96.7 Å². The second-order valence-electron chi connectivity index (χ2n) is 9.50. The zero-order chi connectivity index (χ0) is 23.2. The molecule has 170 valence electrons. The number of nitrogens with zero attached hydrogens (tertiary/aromatic N) is 1. The molecular weight excluding hydrogens is 420 g/mol. The predicted molar refractivity (Wildman–Crippen MR) is 144 cm³/mol. The van der Waals surface area contributed by atoms with Gasteiger partial charge < -0.3 is 9.41 Å². The molecule has 1 aromatic heterocycles. The molecule has 0 spiro atoms. The number of benzene rings is 3. The third-order valence-electron chi connectivity index (χ3n) is 6.30. The molecule has 0 saturated carbocycles. The monoisotopic (exact) mass is 454 g/mol. The van der Waals surface area contributed by atoms with Crippen molar-refractivity contribution in [1.29, 1.82) is 0 Å². The second-order valence-corrected chi connectivity index (χ2v) is 13.8. The molecule has 0 unspecified atom stereocenters. The number of nitrogens with one attached hydrogen (secondary N) is 1. The predicted octanol–water partition coefficient (Wildman–Crippen LogP) is 5.75. The van der Waals surface area contributed by atoms with E-state index in [9.17, 15) is 0 Å². The van der Waals surface area contributed by atoms with Crippen LogP contribution in [-0.4, -0.2) is 32.7 Å². The van der Waals surface area contributed by atoms with Crippen LogP contribution < -0.4 is 10.4 Å². The molecule has 0 saturated heterocycles. The average molecular weight is 455 g/mol. The van der Waals surface area contributed by atoms with Crippen LogP contribution in [0.25, 0.3) is 10.9 Å². The summed E-state index contributed by atoms with van der Waals surface area (Å²) in [6, 6.07) is 30.0. The van der Waals surface area contributed by atoms with Gasteiger partial charge in [-0.1, -0.05) is 99.6 Å². The van der Waals surface area contributed by atoms with Crippen molar-refractivity contribution < 1.29 is 4.43 Å². The Bertz CT molecular complexity index is 1140. The van der Waals surface area contributed by atoms with Crippen LogP contribution in [0, 0.1) is 0 Å². The van der Waals surface area contributed by atoms with Crippen LogP contribution in [0.1, 0.15) is 32.8 Å². The van der Waals surface area contributed by atoms with E-state index < -0.39 is 8.32 Å². The number of aliphatic imine (C=N–C) groups is 1. The van der Waals surface area contributed by atoms with E-state index in [-0.39, 0.29) is 5.04 Å². The van der Waals surface area contributed by atoms with Gasteiger partial charge in [0.2, 0.25) is 0 Å². The highest BCUT2D eigenvalue weighted by Gasteiger charge is 2.49. The van der Waals surface area contributed by atoms with Gasteiger partial charge in [-0.15, -0.1) is 0 Å². The summed E-state index contributed by atoms with van der Waals surface area (Å²) >= 11 is 0. The first kappa shape index (κ1) is 23.2. The molecule has 0 aliphatic carbocycles. The van der Waals surface area contributed by atoms with Crippen molar-refractivity contribution >= 4 is 35.8 Å². The van der Waals surface area contributed by atoms with E-state index in [1.54, 1.807) is 0 Å². The Morgan fingerprint density at radius 1 is 0.848 bits per heavy atom. The highest BCUT2D eigenvalue weighted by atomic mass is 28.4. The summed E-state index contributed by atoms with van der Waals surface area (Å²) in [6.07, 6.45) is 5.90. The van der Waals surface area contributed by atoms with Gasteiger partial charge in [-0.05, 0) is 33.5 Å². The van der Waals surface area contributed by atoms with E-state index in [1.165, 1.54) is 26.8 Å². The fraction of sp³-hybridized carbons (Fsp3) is 0.276. The van der Waals surface area contributed by atoms with Crippen molar-refractivity contribution in [2.75, 3.05) is 13.2 Å². The van der Waals surface area contributed by atoms with Gasteiger partial charge in [0.1, 0.15) is 0 Å². The summed E-state index contributed by atoms with van der Waals surface area (Å²) in [5, 5.41) is 3.94. The quantitative estimate of drug-likeness (QED) is 0.195. The van der Waals surface area contributed by atoms with Crippen LogP contribution in [0.2, 0.25) is 5.04 Å². The Labute approximate surface area is 198 Å². The summed E-state index contributed by atoms with van der Waals surface area (Å²) in [7, 11) is -2.46. The minimum Gasteiger partial charge on any atom is -0.407 e. The van der Waals surface area contributed by atoms with Crippen molar-refractivity contribution in [2.24, 2.45) is 4.99 Å². The van der Waals surface area contributed by atoms with Crippen LogP contribution in [0.3, 0.4) is 0 Å². The first-order chi connectivity index (χ1) is 16.0. The average Bonchev–Trinajstić information content (AvgIpc) is 3.24. The van der Waals surface area contributed by atoms with Gasteiger partial charge >= 0.3 is 0 Å². The van der Waals surface area contributed by atoms with Crippen molar-refractivity contribution in [2.45, 2.75) is 38.7 Å². The van der Waals surface area contributed by atoms with Crippen molar-refractivity contribution in [1.82, 2.24) is 4.98 Å². The van der Waals surface area contributed by atoms with Crippen molar-refractivity contribution in [3.8, 4) is 0 Å². The Hall–Kier alpha value is -2.95. The minimum atomic E-state index is -2.46. The number of H-pyrrole nitrogens is 1. The number of rotatable bonds is 9. The SMILES string of the molecule is CC(C)(C)[Si](OCCC=NCCc1c[nH]c2ccccc12)(c1ccccc1)c1ccccc1. The molecule has 4 heteroatoms. The molecule has 0 radical (unpaired) electrons. The molecule has 0 amide bonds. The first-order valence-electron chi connectivity index (χ1n) is 11.8. The maximum absolute atomic E-state index is 6.92. The largest absolute Gasteiger partial charge is 0.407 e. The fourth-order valence-electron chi connectivity index (χ4n) is 4.73. The number of aromatic nitrogens is 1. The summed E-state index contributed by atoms with van der Waals surface area (Å²) in [4.78, 5) is 8.02. The van der Waals surface area contributed by atoms with E-state index in [0.717, 1.165) is 19.4 Å². The van der Waals surface area contributed by atoms with Crippen molar-refractivity contribution in [3.63, 3.8) is 0 Å². The third-order valence-corrected chi connectivity index (χ3v) is 11.3. The Balaban J connectivity index is 1.43. The number of hydrogen-bond acceptors (Lipinski definition) is 2. The second kappa shape index (κ2) is 10.3. The lowest BCUT2D eigenvalue weighted by molar-refractivity contribution is 0.309. The molecule has 3 nitrogen and oxygen atoms in total. The van der Waals surface area contributed by atoms with Crippen LogP contribution in [0.15, 0.2) is 96.1 Å². The molecule has 0 aliphatic heterocycles. The minimum absolute atomic E-state index is 0.00217. The Kier molecular flexibility index (Phi) is 7.26. The van der Waals surface area contributed by atoms with E-state index in [4.69, 9.17) is 4.43 Å². The lowest BCUT2D eigenvalue weighted by Crippen LogP contribution is -2.66. The molecule has 0 bridgehead atoms. The zero-order valence-electron chi connectivity index (χ0n) is 19.9. The van der Waals surface area contributed by atoms with Crippen LogP contribution in [0.5, 0.6) is 0 Å². The number of para-hydroxylation sites is 1. The molecule has 3 aromatic carbocycles. The standard InChI is InChI=1S/C29H34N2OSi/c1-29(2,3)33(25-13-6-4-7-14-25,26-15-8-5-9-16-26)32-22-12-20-30-21-19-24-23-31-28-18-11-10-17-27(24)28/h4-11,13-18,20,23,31H,12,19,21-22H2,1-3H3. The Morgan fingerprint density at radius 3 is 2.09 bits per heavy atom. The van der Waals surface area contributed by atoms with E-state index >= 15 is 0 Å². The van der Waals surface area contributed by atoms with Crippen LogP contribution >= 0.6 is 0 Å². The molecule has 0 aliphatic rings. The number of fused-ring (bicyclic) bond motifs is 1. The number of aromatic amines is 1. The molecule has 0 atom stereocenters. The van der Waals surface area contributed by atoms with E-state index in [0.29, 0.717) is 6.61 Å². The summed E-state index contributed by atoms with van der Waals surface area (Å²) in [5.74, 6) is 0. The lowest BCUT2D eigenvalue weighted by Gasteiger charge is -2.43. The fourth-order valence-corrected chi connectivity index (χ4v) is 9.31. The van der Waals surface area contributed by atoms with Gasteiger partial charge in [-0.3, -0.25) is 4.99 Å². The zero-order valence-corrected chi connectivity index (χ0v) is 20.9. The Morgan fingerprint density at radius 2 is 1.45 bits per heavy atom. The topological polar surface area (TPSA) is 37.4 Å².